The first kappa shape index (κ1) is 14.7. The first-order valence-corrected chi connectivity index (χ1v) is 7.90. The number of nitrogens with zero attached hydrogens (tertiary/aromatic N) is 1. The molecule has 2 heterocycles. The SMILES string of the molecule is O=C(C=Cc1cccnc1)c1ccc(-c2ccc(Cl)cc2)s1. The normalized spacial score (nSPS) is 11.0. The molecule has 0 fully saturated rings. The fraction of sp³-hybridized carbons (Fsp3) is 0. The molecule has 0 aliphatic heterocycles. The van der Waals surface area contributed by atoms with Crippen LogP contribution in [0.3, 0.4) is 0 Å². The summed E-state index contributed by atoms with van der Waals surface area (Å²) >= 11 is 7.36. The predicted molar refractivity (Wildman–Crippen MR) is 92.4 cm³/mol. The molecule has 3 aromatic rings. The quantitative estimate of drug-likeness (QED) is 0.477. The van der Waals surface area contributed by atoms with E-state index in [1.807, 2.05) is 48.5 Å². The number of rotatable bonds is 4. The van der Waals surface area contributed by atoms with Gasteiger partial charge in [-0.15, -0.1) is 11.3 Å². The van der Waals surface area contributed by atoms with Crippen molar-refractivity contribution < 1.29 is 4.79 Å². The van der Waals surface area contributed by atoms with E-state index < -0.39 is 0 Å². The van der Waals surface area contributed by atoms with Crippen molar-refractivity contribution in [2.75, 3.05) is 0 Å². The first-order chi connectivity index (χ1) is 10.7. The number of ketones is 1. The molecule has 0 amide bonds. The van der Waals surface area contributed by atoms with Gasteiger partial charge >= 0.3 is 0 Å². The molecule has 1 aromatic carbocycles. The van der Waals surface area contributed by atoms with Gasteiger partial charge in [-0.05, 0) is 53.6 Å². The highest BCUT2D eigenvalue weighted by molar-refractivity contribution is 7.17. The standard InChI is InChI=1S/C18H12ClNOS/c19-15-6-4-14(5-7-15)17-9-10-18(22-17)16(21)8-3-13-2-1-11-20-12-13/h1-12H. The lowest BCUT2D eigenvalue weighted by Crippen LogP contribution is -1.88. The van der Waals surface area contributed by atoms with Crippen molar-refractivity contribution >= 4 is 34.8 Å². The van der Waals surface area contributed by atoms with Gasteiger partial charge in [0, 0.05) is 22.3 Å². The zero-order valence-corrected chi connectivity index (χ0v) is 13.1. The molecule has 0 saturated heterocycles. The number of hydrogen-bond donors (Lipinski definition) is 0. The fourth-order valence-electron chi connectivity index (χ4n) is 1.97. The maximum atomic E-state index is 12.2. The number of carbonyl (C=O) groups excluding carboxylic acids is 1. The molecule has 0 saturated carbocycles. The average Bonchev–Trinajstić information content (AvgIpc) is 3.04. The number of allylic oxidation sites excluding steroid dienone is 1. The van der Waals surface area contributed by atoms with Crippen molar-refractivity contribution in [3.05, 3.63) is 82.5 Å². The van der Waals surface area contributed by atoms with Crippen LogP contribution in [0.2, 0.25) is 5.02 Å². The van der Waals surface area contributed by atoms with Gasteiger partial charge in [0.05, 0.1) is 4.88 Å². The molecule has 4 heteroatoms. The highest BCUT2D eigenvalue weighted by atomic mass is 35.5. The summed E-state index contributed by atoms with van der Waals surface area (Å²) in [6, 6.07) is 15.2. The van der Waals surface area contributed by atoms with Gasteiger partial charge in [0.15, 0.2) is 5.78 Å². The molecule has 0 unspecified atom stereocenters. The van der Waals surface area contributed by atoms with Crippen LogP contribution in [0.4, 0.5) is 0 Å². The van der Waals surface area contributed by atoms with E-state index in [2.05, 4.69) is 4.98 Å². The molecule has 22 heavy (non-hydrogen) atoms. The van der Waals surface area contributed by atoms with Crippen molar-refractivity contribution in [3.8, 4) is 10.4 Å². The van der Waals surface area contributed by atoms with E-state index in [0.717, 1.165) is 16.0 Å². The first-order valence-electron chi connectivity index (χ1n) is 6.70. The number of carbonyl (C=O) groups is 1. The van der Waals surface area contributed by atoms with Gasteiger partial charge in [0.1, 0.15) is 0 Å². The van der Waals surface area contributed by atoms with Gasteiger partial charge < -0.3 is 0 Å². The Hall–Kier alpha value is -2.23. The molecule has 0 aliphatic carbocycles. The van der Waals surface area contributed by atoms with E-state index in [9.17, 15) is 4.79 Å². The molecule has 0 atom stereocenters. The molecule has 2 aromatic heterocycles. The summed E-state index contributed by atoms with van der Waals surface area (Å²) in [5, 5.41) is 0.705. The number of pyridine rings is 1. The summed E-state index contributed by atoms with van der Waals surface area (Å²) in [5.74, 6) is -0.00549. The Morgan fingerprint density at radius 2 is 1.91 bits per heavy atom. The van der Waals surface area contributed by atoms with Crippen LogP contribution in [0.15, 0.2) is 67.0 Å². The van der Waals surface area contributed by atoms with E-state index in [1.165, 1.54) is 11.3 Å². The molecule has 0 bridgehead atoms. The molecule has 0 spiro atoms. The Kier molecular flexibility index (Phi) is 4.47. The number of benzene rings is 1. The lowest BCUT2D eigenvalue weighted by atomic mass is 10.2. The second kappa shape index (κ2) is 6.69. The van der Waals surface area contributed by atoms with Gasteiger partial charge in [-0.2, -0.15) is 0 Å². The second-order valence-corrected chi connectivity index (χ2v) is 6.17. The van der Waals surface area contributed by atoms with Gasteiger partial charge in [0.2, 0.25) is 0 Å². The Morgan fingerprint density at radius 3 is 2.64 bits per heavy atom. The van der Waals surface area contributed by atoms with E-state index in [1.54, 1.807) is 24.5 Å². The minimum Gasteiger partial charge on any atom is -0.288 e. The maximum absolute atomic E-state index is 12.2. The zero-order chi connectivity index (χ0) is 15.4. The number of thiophene rings is 1. The highest BCUT2D eigenvalue weighted by Gasteiger charge is 2.07. The van der Waals surface area contributed by atoms with Crippen LogP contribution in [0.1, 0.15) is 15.2 Å². The lowest BCUT2D eigenvalue weighted by molar-refractivity contribution is 0.105. The van der Waals surface area contributed by atoms with Crippen molar-refractivity contribution in [3.63, 3.8) is 0 Å². The van der Waals surface area contributed by atoms with Crippen LogP contribution < -0.4 is 0 Å². The molecule has 0 radical (unpaired) electrons. The number of halogens is 1. The number of aromatic nitrogens is 1. The lowest BCUT2D eigenvalue weighted by Gasteiger charge is -1.96. The molecular weight excluding hydrogens is 314 g/mol. The van der Waals surface area contributed by atoms with Gasteiger partial charge in [0.25, 0.3) is 0 Å². The molecule has 2 nitrogen and oxygen atoms in total. The van der Waals surface area contributed by atoms with Gasteiger partial charge in [-0.1, -0.05) is 29.8 Å². The minimum absolute atomic E-state index is 0.00549. The van der Waals surface area contributed by atoms with E-state index >= 15 is 0 Å². The molecular formula is C18H12ClNOS. The van der Waals surface area contributed by atoms with Crippen molar-refractivity contribution in [1.29, 1.82) is 0 Å². The predicted octanol–water partition coefficient (Wildman–Crippen LogP) is 5.36. The van der Waals surface area contributed by atoms with Crippen LogP contribution >= 0.6 is 22.9 Å². The van der Waals surface area contributed by atoms with Crippen LogP contribution in [-0.2, 0) is 0 Å². The van der Waals surface area contributed by atoms with E-state index in [4.69, 9.17) is 11.6 Å². The Bertz CT molecular complexity index is 807. The molecule has 3 rings (SSSR count). The second-order valence-electron chi connectivity index (χ2n) is 4.65. The Labute approximate surface area is 137 Å². The van der Waals surface area contributed by atoms with Crippen molar-refractivity contribution in [2.24, 2.45) is 0 Å². The van der Waals surface area contributed by atoms with Crippen LogP contribution in [0.5, 0.6) is 0 Å². The van der Waals surface area contributed by atoms with Crippen molar-refractivity contribution in [2.45, 2.75) is 0 Å². The maximum Gasteiger partial charge on any atom is 0.195 e. The van der Waals surface area contributed by atoms with E-state index in [0.29, 0.717) is 9.90 Å². The van der Waals surface area contributed by atoms with Gasteiger partial charge in [-0.3, -0.25) is 9.78 Å². The topological polar surface area (TPSA) is 30.0 Å². The van der Waals surface area contributed by atoms with Crippen LogP contribution in [-0.4, -0.2) is 10.8 Å². The smallest absolute Gasteiger partial charge is 0.195 e. The summed E-state index contributed by atoms with van der Waals surface area (Å²) in [5.41, 5.74) is 1.97. The largest absolute Gasteiger partial charge is 0.288 e. The number of hydrogen-bond acceptors (Lipinski definition) is 3. The monoisotopic (exact) mass is 325 g/mol. The Morgan fingerprint density at radius 1 is 1.09 bits per heavy atom. The molecule has 0 aliphatic rings. The van der Waals surface area contributed by atoms with Crippen molar-refractivity contribution in [1.82, 2.24) is 4.98 Å². The summed E-state index contributed by atoms with van der Waals surface area (Å²) in [7, 11) is 0. The third-order valence-electron chi connectivity index (χ3n) is 3.09. The summed E-state index contributed by atoms with van der Waals surface area (Å²) < 4.78 is 0. The van der Waals surface area contributed by atoms with Crippen LogP contribution in [0.25, 0.3) is 16.5 Å². The van der Waals surface area contributed by atoms with E-state index in [-0.39, 0.29) is 5.78 Å². The summed E-state index contributed by atoms with van der Waals surface area (Å²) in [6.45, 7) is 0. The summed E-state index contributed by atoms with van der Waals surface area (Å²) in [4.78, 5) is 18.0. The average molecular weight is 326 g/mol. The summed E-state index contributed by atoms with van der Waals surface area (Å²) in [6.07, 6.45) is 6.78. The third kappa shape index (κ3) is 3.50. The minimum atomic E-state index is -0.00549. The molecule has 0 N–H and O–H groups in total. The fourth-order valence-corrected chi connectivity index (χ4v) is 3.03. The third-order valence-corrected chi connectivity index (χ3v) is 4.49. The Balaban J connectivity index is 1.77. The highest BCUT2D eigenvalue weighted by Crippen LogP contribution is 2.29. The van der Waals surface area contributed by atoms with Crippen LogP contribution in [0, 0.1) is 0 Å². The molecule has 108 valence electrons. The zero-order valence-electron chi connectivity index (χ0n) is 11.6. The van der Waals surface area contributed by atoms with Gasteiger partial charge in [-0.25, -0.2) is 0 Å².